The number of nitrogens with zero attached hydrogens (tertiary/aromatic N) is 2. The van der Waals surface area contributed by atoms with Gasteiger partial charge in [-0.2, -0.15) is 0 Å². The van der Waals surface area contributed by atoms with Crippen molar-refractivity contribution in [1.29, 1.82) is 0 Å². The molecule has 2 aliphatic heterocycles. The summed E-state index contributed by atoms with van der Waals surface area (Å²) in [5.74, 6) is -1.09. The van der Waals surface area contributed by atoms with Crippen LogP contribution < -0.4 is 9.64 Å². The Labute approximate surface area is 226 Å². The van der Waals surface area contributed by atoms with E-state index in [4.69, 9.17) is 27.9 Å². The number of amides is 1. The summed E-state index contributed by atoms with van der Waals surface area (Å²) in [7, 11) is 0. The maximum absolute atomic E-state index is 13.5. The largest absolute Gasteiger partial charge is 0.507 e. The molecule has 0 spiro atoms. The predicted octanol–water partition coefficient (Wildman–Crippen LogP) is 6.86. The van der Waals surface area contributed by atoms with E-state index < -0.39 is 17.7 Å². The van der Waals surface area contributed by atoms with Crippen LogP contribution in [0.3, 0.4) is 0 Å². The van der Waals surface area contributed by atoms with Crippen molar-refractivity contribution < 1.29 is 19.4 Å². The third-order valence-corrected chi connectivity index (χ3v) is 8.37. The van der Waals surface area contributed by atoms with Gasteiger partial charge in [-0.25, -0.2) is 4.98 Å². The Morgan fingerprint density at radius 3 is 2.68 bits per heavy atom. The summed E-state index contributed by atoms with van der Waals surface area (Å²) in [6.07, 6.45) is 0.712. The van der Waals surface area contributed by atoms with Crippen molar-refractivity contribution in [1.82, 2.24) is 4.98 Å². The molecule has 6 nitrogen and oxygen atoms in total. The number of aromatic nitrogens is 1. The van der Waals surface area contributed by atoms with E-state index in [1.54, 1.807) is 36.4 Å². The molecule has 1 aromatic heterocycles. The molecule has 9 heteroatoms. The van der Waals surface area contributed by atoms with E-state index in [9.17, 15) is 14.7 Å². The van der Waals surface area contributed by atoms with Crippen molar-refractivity contribution in [3.05, 3.63) is 92.5 Å². The average Bonchev–Trinajstić information content (AvgIpc) is 3.52. The highest BCUT2D eigenvalue weighted by Gasteiger charge is 2.48. The topological polar surface area (TPSA) is 79.7 Å². The lowest BCUT2D eigenvalue weighted by Gasteiger charge is -2.23. The molecular weight excluding hydrogens is 531 g/mol. The third kappa shape index (κ3) is 3.98. The number of hydrogen-bond acceptors (Lipinski definition) is 6. The van der Waals surface area contributed by atoms with Crippen LogP contribution in [0.4, 0.5) is 5.13 Å². The molecule has 2 atom stereocenters. The highest BCUT2D eigenvalue weighted by molar-refractivity contribution is 7.22. The number of benzene rings is 3. The maximum atomic E-state index is 13.5. The second-order valence-corrected chi connectivity index (χ2v) is 11.1. The van der Waals surface area contributed by atoms with E-state index in [1.165, 1.54) is 16.2 Å². The zero-order chi connectivity index (χ0) is 26.0. The quantitative estimate of drug-likeness (QED) is 0.171. The summed E-state index contributed by atoms with van der Waals surface area (Å²) in [5.41, 5.74) is 3.63. The zero-order valence-corrected chi connectivity index (χ0v) is 22.1. The molecule has 3 aromatic carbocycles. The van der Waals surface area contributed by atoms with Gasteiger partial charge in [-0.05, 0) is 73.0 Å². The predicted molar refractivity (Wildman–Crippen MR) is 146 cm³/mol. The number of fused-ring (bicyclic) bond motifs is 2. The molecule has 186 valence electrons. The summed E-state index contributed by atoms with van der Waals surface area (Å²) >= 11 is 13.8. The molecule has 6 rings (SSSR count). The summed E-state index contributed by atoms with van der Waals surface area (Å²) in [6.45, 7) is 3.94. The fourth-order valence-corrected chi connectivity index (χ4v) is 6.27. The lowest BCUT2D eigenvalue weighted by atomic mass is 9.94. The van der Waals surface area contributed by atoms with Gasteiger partial charge < -0.3 is 9.84 Å². The number of rotatable bonds is 3. The van der Waals surface area contributed by atoms with Crippen LogP contribution in [0.25, 0.3) is 16.0 Å². The van der Waals surface area contributed by atoms with Crippen molar-refractivity contribution in [2.75, 3.05) is 4.90 Å². The molecule has 0 radical (unpaired) electrons. The van der Waals surface area contributed by atoms with Crippen molar-refractivity contribution in [2.45, 2.75) is 32.4 Å². The fourth-order valence-electron chi connectivity index (χ4n) is 4.88. The second-order valence-electron chi connectivity index (χ2n) is 9.27. The van der Waals surface area contributed by atoms with Crippen LogP contribution in [-0.2, 0) is 16.0 Å². The number of aliphatic hydroxyl groups excluding tert-OH is 1. The molecular formula is C28H20Cl2N2O4S. The molecule has 0 bridgehead atoms. The first-order chi connectivity index (χ1) is 17.7. The summed E-state index contributed by atoms with van der Waals surface area (Å²) in [4.78, 5) is 32.9. The Kier molecular flexibility index (Phi) is 5.75. The SMILES string of the molecule is Cc1ccc2nc(N3C(=O)C(=O)C(=C(O)c4ccc5c(c4)CC(C)O5)C3c3ccc(Cl)c(Cl)c3)sc2c1. The van der Waals surface area contributed by atoms with Crippen LogP contribution in [0.15, 0.2) is 60.2 Å². The Hall–Kier alpha value is -3.39. The number of anilines is 1. The molecule has 1 fully saturated rings. The van der Waals surface area contributed by atoms with Gasteiger partial charge in [-0.3, -0.25) is 14.5 Å². The molecule has 1 N–H and O–H groups in total. The van der Waals surface area contributed by atoms with Crippen LogP contribution in [0.2, 0.25) is 10.0 Å². The van der Waals surface area contributed by atoms with Gasteiger partial charge in [-0.1, -0.05) is 46.7 Å². The third-order valence-electron chi connectivity index (χ3n) is 6.61. The first kappa shape index (κ1) is 24.0. The van der Waals surface area contributed by atoms with Gasteiger partial charge in [0.05, 0.1) is 31.9 Å². The number of aryl methyl sites for hydroxylation is 1. The van der Waals surface area contributed by atoms with Crippen LogP contribution >= 0.6 is 34.5 Å². The summed E-state index contributed by atoms with van der Waals surface area (Å²) < 4.78 is 6.66. The lowest BCUT2D eigenvalue weighted by Crippen LogP contribution is -2.29. The lowest BCUT2D eigenvalue weighted by molar-refractivity contribution is -0.132. The van der Waals surface area contributed by atoms with Gasteiger partial charge in [0.2, 0.25) is 0 Å². The number of hydrogen-bond donors (Lipinski definition) is 1. The van der Waals surface area contributed by atoms with Crippen molar-refractivity contribution in [3.8, 4) is 5.75 Å². The van der Waals surface area contributed by atoms with E-state index in [0.717, 1.165) is 21.6 Å². The number of thiazole rings is 1. The van der Waals surface area contributed by atoms with E-state index in [-0.39, 0.29) is 22.5 Å². The molecule has 1 amide bonds. The maximum Gasteiger partial charge on any atom is 0.301 e. The second kappa shape index (κ2) is 8.87. The molecule has 0 saturated carbocycles. The van der Waals surface area contributed by atoms with Crippen LogP contribution in [0, 0.1) is 6.92 Å². The molecule has 4 aromatic rings. The van der Waals surface area contributed by atoms with Crippen molar-refractivity contribution in [2.24, 2.45) is 0 Å². The van der Waals surface area contributed by atoms with Gasteiger partial charge in [-0.15, -0.1) is 0 Å². The molecule has 1 saturated heterocycles. The Balaban J connectivity index is 1.55. The first-order valence-corrected chi connectivity index (χ1v) is 13.2. The van der Waals surface area contributed by atoms with E-state index in [0.29, 0.717) is 33.2 Å². The van der Waals surface area contributed by atoms with Crippen molar-refractivity contribution in [3.63, 3.8) is 0 Å². The Morgan fingerprint density at radius 2 is 1.89 bits per heavy atom. The minimum absolute atomic E-state index is 0.0249. The Bertz CT molecular complexity index is 1660. The highest BCUT2D eigenvalue weighted by Crippen LogP contribution is 2.45. The number of carbonyl (C=O) groups excluding carboxylic acids is 2. The minimum Gasteiger partial charge on any atom is -0.507 e. The van der Waals surface area contributed by atoms with Gasteiger partial charge in [0.1, 0.15) is 17.6 Å². The number of ether oxygens (including phenoxy) is 1. The molecule has 3 heterocycles. The Morgan fingerprint density at radius 1 is 1.08 bits per heavy atom. The first-order valence-electron chi connectivity index (χ1n) is 11.6. The zero-order valence-electron chi connectivity index (χ0n) is 19.8. The minimum atomic E-state index is -0.945. The van der Waals surface area contributed by atoms with Gasteiger partial charge in [0.25, 0.3) is 5.78 Å². The van der Waals surface area contributed by atoms with Gasteiger partial charge >= 0.3 is 5.91 Å². The smallest absolute Gasteiger partial charge is 0.301 e. The summed E-state index contributed by atoms with van der Waals surface area (Å²) in [5, 5.41) is 12.4. The van der Waals surface area contributed by atoms with Gasteiger partial charge in [0.15, 0.2) is 5.13 Å². The van der Waals surface area contributed by atoms with Crippen LogP contribution in [-0.4, -0.2) is 27.9 Å². The number of ketones is 1. The number of carbonyl (C=O) groups is 2. The normalized spacial score (nSPS) is 20.5. The van der Waals surface area contributed by atoms with Crippen LogP contribution in [0.5, 0.6) is 5.75 Å². The monoisotopic (exact) mass is 550 g/mol. The number of Topliss-reactive ketones (excluding diaryl/α,β-unsaturated/α-hetero) is 1. The average molecular weight is 551 g/mol. The van der Waals surface area contributed by atoms with Gasteiger partial charge in [0, 0.05) is 12.0 Å². The molecule has 2 aliphatic rings. The molecule has 2 unspecified atom stereocenters. The van der Waals surface area contributed by atoms with E-state index >= 15 is 0 Å². The number of halogens is 2. The molecule has 0 aliphatic carbocycles. The van der Waals surface area contributed by atoms with E-state index in [2.05, 4.69) is 4.98 Å². The highest BCUT2D eigenvalue weighted by atomic mass is 35.5. The number of aliphatic hydroxyl groups is 1. The van der Waals surface area contributed by atoms with Crippen molar-refractivity contribution >= 4 is 67.3 Å². The molecule has 37 heavy (non-hydrogen) atoms. The standard InChI is InChI=1S/C28H20Cl2N2O4S/c1-13-3-7-20-22(9-13)37-28(31-20)32-24(15-4-6-18(29)19(30)12-15)23(26(34)27(32)35)25(33)16-5-8-21-17(11-16)10-14(2)36-21/h3-9,11-12,14,24,33H,10H2,1-2H3. The van der Waals surface area contributed by atoms with Crippen LogP contribution in [0.1, 0.15) is 35.2 Å². The summed E-state index contributed by atoms with van der Waals surface area (Å²) in [6, 6.07) is 15.0. The van der Waals surface area contributed by atoms with E-state index in [1.807, 2.05) is 32.0 Å². The fraction of sp³-hybridized carbons (Fsp3) is 0.179.